The van der Waals surface area contributed by atoms with Gasteiger partial charge in [-0.15, -0.1) is 11.3 Å². The molecule has 1 aliphatic rings. The van der Waals surface area contributed by atoms with E-state index in [4.69, 9.17) is 12.2 Å². The number of carbonyl (C=O) groups is 1. The summed E-state index contributed by atoms with van der Waals surface area (Å²) in [7, 11) is 0. The van der Waals surface area contributed by atoms with Crippen molar-refractivity contribution >= 4 is 55.5 Å². The quantitative estimate of drug-likeness (QED) is 0.692. The van der Waals surface area contributed by atoms with Gasteiger partial charge >= 0.3 is 0 Å². The summed E-state index contributed by atoms with van der Waals surface area (Å²) in [5.74, 6) is 0.230. The van der Waals surface area contributed by atoms with E-state index in [0.29, 0.717) is 27.5 Å². The molecular formula is C17H18BrN5OS2. The lowest BCUT2D eigenvalue weighted by Gasteiger charge is -2.17. The van der Waals surface area contributed by atoms with E-state index in [1.165, 1.54) is 4.88 Å². The molecule has 2 heterocycles. The topological polar surface area (TPSA) is 82.7 Å². The molecule has 3 rings (SSSR count). The smallest absolute Gasteiger partial charge is 0.279 e. The summed E-state index contributed by atoms with van der Waals surface area (Å²) in [6, 6.07) is 2.28. The predicted molar refractivity (Wildman–Crippen MR) is 110 cm³/mol. The fourth-order valence-electron chi connectivity index (χ4n) is 2.97. The minimum Gasteiger partial charge on any atom is -0.323 e. The molecule has 2 aromatic rings. The number of carbonyl (C=O) groups excluding carboxylic acids is 1. The molecule has 1 amide bonds. The predicted octanol–water partition coefficient (Wildman–Crippen LogP) is 3.85. The van der Waals surface area contributed by atoms with Gasteiger partial charge in [0.25, 0.3) is 5.91 Å². The van der Waals surface area contributed by atoms with Crippen LogP contribution in [-0.4, -0.2) is 20.8 Å². The minimum absolute atomic E-state index is 0.163. The summed E-state index contributed by atoms with van der Waals surface area (Å²) >= 11 is 10.2. The number of rotatable bonds is 3. The number of fused-ring (bicyclic) bond motifs is 1. The van der Waals surface area contributed by atoms with Crippen LogP contribution < -0.4 is 10.6 Å². The second-order valence-electron chi connectivity index (χ2n) is 6.26. The Morgan fingerprint density at radius 1 is 1.62 bits per heavy atom. The van der Waals surface area contributed by atoms with Crippen molar-refractivity contribution in [3.8, 4) is 6.07 Å². The van der Waals surface area contributed by atoms with Crippen molar-refractivity contribution in [2.24, 2.45) is 5.92 Å². The molecule has 6 nitrogen and oxygen atoms in total. The van der Waals surface area contributed by atoms with Crippen LogP contribution in [0.25, 0.3) is 0 Å². The molecule has 0 aromatic carbocycles. The largest absolute Gasteiger partial charge is 0.323 e. The first-order valence-electron chi connectivity index (χ1n) is 8.32. The van der Waals surface area contributed by atoms with E-state index in [2.05, 4.69) is 44.7 Å². The molecule has 9 heteroatoms. The van der Waals surface area contributed by atoms with Crippen LogP contribution in [-0.2, 0) is 19.4 Å². The third kappa shape index (κ3) is 3.82. The second kappa shape index (κ2) is 7.86. The van der Waals surface area contributed by atoms with Crippen LogP contribution in [0.3, 0.4) is 0 Å². The van der Waals surface area contributed by atoms with E-state index in [0.717, 1.165) is 24.8 Å². The number of anilines is 1. The van der Waals surface area contributed by atoms with Crippen molar-refractivity contribution in [3.05, 3.63) is 32.4 Å². The average molecular weight is 452 g/mol. The van der Waals surface area contributed by atoms with Crippen molar-refractivity contribution < 1.29 is 4.79 Å². The first-order valence-corrected chi connectivity index (χ1v) is 10.3. The van der Waals surface area contributed by atoms with Crippen LogP contribution >= 0.6 is 39.5 Å². The average Bonchev–Trinajstić information content (AvgIpc) is 3.13. The van der Waals surface area contributed by atoms with Crippen LogP contribution in [0.2, 0.25) is 0 Å². The van der Waals surface area contributed by atoms with E-state index in [9.17, 15) is 10.1 Å². The molecule has 0 aliphatic heterocycles. The Hall–Kier alpha value is -1.76. The van der Waals surface area contributed by atoms with E-state index in [1.807, 2.05) is 6.92 Å². The Balaban J connectivity index is 1.73. The Morgan fingerprint density at radius 3 is 3.04 bits per heavy atom. The number of halogens is 1. The molecule has 136 valence electrons. The summed E-state index contributed by atoms with van der Waals surface area (Å²) in [5, 5.41) is 20.3. The molecule has 0 radical (unpaired) electrons. The molecule has 1 atom stereocenters. The van der Waals surface area contributed by atoms with E-state index in [-0.39, 0.29) is 10.8 Å². The number of thiophene rings is 1. The van der Waals surface area contributed by atoms with Crippen molar-refractivity contribution in [1.82, 2.24) is 15.1 Å². The highest BCUT2D eigenvalue weighted by molar-refractivity contribution is 9.10. The Bertz CT molecular complexity index is 911. The summed E-state index contributed by atoms with van der Waals surface area (Å²) in [6.07, 6.45) is 4.73. The maximum absolute atomic E-state index is 12.4. The zero-order valence-corrected chi connectivity index (χ0v) is 17.6. The van der Waals surface area contributed by atoms with Crippen molar-refractivity contribution in [2.45, 2.75) is 39.7 Å². The summed E-state index contributed by atoms with van der Waals surface area (Å²) in [4.78, 5) is 13.6. The monoisotopic (exact) mass is 451 g/mol. The first kappa shape index (κ1) is 19.0. The zero-order chi connectivity index (χ0) is 18.8. The number of thiocarbonyl (C=S) groups is 1. The van der Waals surface area contributed by atoms with Crippen molar-refractivity contribution in [3.63, 3.8) is 0 Å². The number of nitrogens with zero attached hydrogens (tertiary/aromatic N) is 3. The molecule has 2 N–H and O–H groups in total. The summed E-state index contributed by atoms with van der Waals surface area (Å²) in [6.45, 7) is 4.83. The van der Waals surface area contributed by atoms with Gasteiger partial charge < -0.3 is 5.32 Å². The van der Waals surface area contributed by atoms with Crippen LogP contribution in [0, 0.1) is 17.2 Å². The lowest BCUT2D eigenvalue weighted by atomic mass is 9.89. The fourth-order valence-corrected chi connectivity index (χ4v) is 5.09. The third-order valence-electron chi connectivity index (χ3n) is 4.33. The van der Waals surface area contributed by atoms with Crippen LogP contribution in [0.4, 0.5) is 5.00 Å². The van der Waals surface area contributed by atoms with Gasteiger partial charge in [-0.2, -0.15) is 10.4 Å². The number of nitrogens with one attached hydrogen (secondary N) is 2. The number of aryl methyl sites for hydroxylation is 1. The van der Waals surface area contributed by atoms with Gasteiger partial charge in [0.1, 0.15) is 11.1 Å². The molecule has 0 fully saturated rings. The van der Waals surface area contributed by atoms with Crippen LogP contribution in [0.5, 0.6) is 0 Å². The summed E-state index contributed by atoms with van der Waals surface area (Å²) < 4.78 is 2.27. The molecule has 1 aliphatic carbocycles. The van der Waals surface area contributed by atoms with E-state index >= 15 is 0 Å². The molecule has 0 saturated carbocycles. The standard InChI is InChI=1S/C17H18BrN5OS2/c1-3-23-8-12(18)14(22-23)15(24)20-17(25)21-16-11(7-19)10-5-4-9(2)6-13(10)26-16/h8-9H,3-6H2,1-2H3,(H2,20,21,24,25)/t9-/m1/s1. The Labute approximate surface area is 169 Å². The number of aromatic nitrogens is 2. The third-order valence-corrected chi connectivity index (χ3v) is 6.29. The van der Waals surface area contributed by atoms with E-state index < -0.39 is 5.91 Å². The molecule has 0 saturated heterocycles. The van der Waals surface area contributed by atoms with Crippen molar-refractivity contribution in [1.29, 1.82) is 5.26 Å². The Morgan fingerprint density at radius 2 is 2.38 bits per heavy atom. The number of hydrogen-bond acceptors (Lipinski definition) is 5. The van der Waals surface area contributed by atoms with E-state index in [1.54, 1.807) is 22.2 Å². The van der Waals surface area contributed by atoms with Crippen molar-refractivity contribution in [2.75, 3.05) is 5.32 Å². The van der Waals surface area contributed by atoms with Gasteiger partial charge in [0, 0.05) is 17.6 Å². The van der Waals surface area contributed by atoms with Gasteiger partial charge in [0.15, 0.2) is 10.8 Å². The molecule has 0 unspecified atom stereocenters. The van der Waals surface area contributed by atoms with Gasteiger partial charge in [-0.1, -0.05) is 6.92 Å². The number of nitriles is 1. The van der Waals surface area contributed by atoms with Crippen LogP contribution in [0.15, 0.2) is 10.7 Å². The molecule has 2 aromatic heterocycles. The molecule has 0 spiro atoms. The normalized spacial score (nSPS) is 15.8. The second-order valence-corrected chi connectivity index (χ2v) is 8.63. The van der Waals surface area contributed by atoms with Gasteiger partial charge in [0.2, 0.25) is 0 Å². The highest BCUT2D eigenvalue weighted by Gasteiger charge is 2.24. The lowest BCUT2D eigenvalue weighted by Crippen LogP contribution is -2.34. The highest BCUT2D eigenvalue weighted by atomic mass is 79.9. The first-order chi connectivity index (χ1) is 12.4. The molecular weight excluding hydrogens is 434 g/mol. The van der Waals surface area contributed by atoms with Gasteiger partial charge in [-0.3, -0.25) is 14.8 Å². The summed E-state index contributed by atoms with van der Waals surface area (Å²) in [5.41, 5.74) is 2.04. The number of amides is 1. The van der Waals surface area contributed by atoms with Gasteiger partial charge in [-0.05, 0) is 65.8 Å². The Kier molecular flexibility index (Phi) is 5.75. The highest BCUT2D eigenvalue weighted by Crippen LogP contribution is 2.39. The van der Waals surface area contributed by atoms with Gasteiger partial charge in [-0.25, -0.2) is 0 Å². The van der Waals surface area contributed by atoms with Crippen LogP contribution in [0.1, 0.15) is 46.8 Å². The molecule has 26 heavy (non-hydrogen) atoms. The fraction of sp³-hybridized carbons (Fsp3) is 0.412. The lowest BCUT2D eigenvalue weighted by molar-refractivity contribution is 0.0971. The van der Waals surface area contributed by atoms with Gasteiger partial charge in [0.05, 0.1) is 10.0 Å². The zero-order valence-electron chi connectivity index (χ0n) is 14.4. The maximum atomic E-state index is 12.4. The maximum Gasteiger partial charge on any atom is 0.279 e. The minimum atomic E-state index is -0.393. The SMILES string of the molecule is CCn1cc(Br)c(C(=O)NC(=S)Nc2sc3c(c2C#N)CC[C@@H](C)C3)n1. The number of hydrogen-bond donors (Lipinski definition) is 2. The molecule has 0 bridgehead atoms.